The summed E-state index contributed by atoms with van der Waals surface area (Å²) in [5.74, 6) is 0.225. The summed E-state index contributed by atoms with van der Waals surface area (Å²) < 4.78 is 0.676. The lowest BCUT2D eigenvalue weighted by Crippen LogP contribution is -2.74. The molecule has 0 saturated carbocycles. The highest BCUT2D eigenvalue weighted by atomic mass is 32.2. The van der Waals surface area contributed by atoms with E-state index in [-0.39, 0.29) is 46.2 Å². The van der Waals surface area contributed by atoms with E-state index in [1.165, 1.54) is 51.1 Å². The van der Waals surface area contributed by atoms with Gasteiger partial charge in [-0.05, 0) is 0 Å². The summed E-state index contributed by atoms with van der Waals surface area (Å²) in [6.07, 6.45) is -0.0734. The van der Waals surface area contributed by atoms with E-state index in [0.717, 1.165) is 11.5 Å². The summed E-state index contributed by atoms with van der Waals surface area (Å²) in [6.45, 7) is 0.0586. The lowest BCUT2D eigenvalue weighted by molar-refractivity contribution is -0.157. The van der Waals surface area contributed by atoms with E-state index in [1.54, 1.807) is 22.7 Å². The van der Waals surface area contributed by atoms with E-state index >= 15 is 0 Å². The van der Waals surface area contributed by atoms with E-state index < -0.39 is 23.3 Å². The zero-order valence-corrected chi connectivity index (χ0v) is 21.9. The Bertz CT molecular complexity index is 1160. The maximum atomic E-state index is 13.1. The van der Waals surface area contributed by atoms with Crippen molar-refractivity contribution < 1.29 is 24.3 Å². The van der Waals surface area contributed by atoms with Gasteiger partial charge >= 0.3 is 5.97 Å². The van der Waals surface area contributed by atoms with E-state index in [2.05, 4.69) is 25.7 Å². The summed E-state index contributed by atoms with van der Waals surface area (Å²) in [5.41, 5.74) is 6.41. The van der Waals surface area contributed by atoms with Crippen LogP contribution in [0.1, 0.15) is 5.69 Å². The molecule has 0 aliphatic carbocycles. The van der Waals surface area contributed by atoms with Crippen LogP contribution in [0.15, 0.2) is 20.4 Å². The quantitative estimate of drug-likeness (QED) is 0.166. The first-order valence-corrected chi connectivity index (χ1v) is 15.2. The number of thiazole rings is 1. The number of hydrogen-bond donors (Lipinski definition) is 3. The molecule has 2 unspecified atom stereocenters. The maximum absolute atomic E-state index is 13.1. The van der Waals surface area contributed by atoms with Crippen molar-refractivity contribution in [3.8, 4) is 0 Å². The number of carboxylic acids is 1. The first kappa shape index (κ1) is 24.6. The molecular weight excluding hydrogens is 555 g/mol. The van der Waals surface area contributed by atoms with Gasteiger partial charge in [-0.25, -0.2) is 4.98 Å². The van der Waals surface area contributed by atoms with Gasteiger partial charge in [-0.3, -0.25) is 14.4 Å². The average Bonchev–Trinajstić information content (AvgIpc) is 3.49. The van der Waals surface area contributed by atoms with Gasteiger partial charge in [0.05, 0.1) is 0 Å². The van der Waals surface area contributed by atoms with Gasteiger partial charge < -0.3 is 25.9 Å². The molecule has 2 aromatic rings. The Morgan fingerprint density at radius 1 is 1.40 bits per heavy atom. The Hall–Kier alpha value is -2.08. The fourth-order valence-electron chi connectivity index (χ4n) is 3.54. The molecule has 3 atom stereocenters. The molecule has 3 aliphatic rings. The van der Waals surface area contributed by atoms with E-state index in [1.807, 2.05) is 0 Å². The highest BCUT2D eigenvalue weighted by Crippen LogP contribution is 2.44. The molecule has 4 N–H and O–H groups in total. The number of oxime groups is 1. The molecule has 5 rings (SSSR count). The topological polar surface area (TPSA) is 173 Å². The van der Waals surface area contributed by atoms with Crippen molar-refractivity contribution in [1.82, 2.24) is 25.4 Å². The number of carbonyl (C=O) groups excluding carboxylic acids is 2. The molecule has 3 aliphatic heterocycles. The number of rotatable bonds is 9. The third-order valence-electron chi connectivity index (χ3n) is 5.58. The van der Waals surface area contributed by atoms with Crippen LogP contribution in [-0.2, 0) is 19.2 Å². The Morgan fingerprint density at radius 3 is 2.86 bits per heavy atom. The zero-order chi connectivity index (χ0) is 24.6. The third kappa shape index (κ3) is 4.96. The van der Waals surface area contributed by atoms with Crippen molar-refractivity contribution in [2.45, 2.75) is 21.9 Å². The second-order valence-corrected chi connectivity index (χ2v) is 13.1. The number of hydrogen-bond acceptors (Lipinski definition) is 14. The molecule has 2 aromatic heterocycles. The number of β-lactam (4-membered cyclic amide) rings is 1. The third-order valence-corrected chi connectivity index (χ3v) is 11.2. The van der Waals surface area contributed by atoms with Crippen molar-refractivity contribution in [2.75, 3.05) is 35.3 Å². The molecule has 5 heterocycles. The number of carboxylic acid groups (broad SMARTS) is 1. The number of aliphatic carboxylic acids is 1. The van der Waals surface area contributed by atoms with Crippen LogP contribution in [0.3, 0.4) is 0 Å². The van der Waals surface area contributed by atoms with E-state index in [9.17, 15) is 19.5 Å². The van der Waals surface area contributed by atoms with Crippen molar-refractivity contribution in [3.05, 3.63) is 16.6 Å². The highest BCUT2D eigenvalue weighted by Gasteiger charge is 2.57. The van der Waals surface area contributed by atoms with Crippen molar-refractivity contribution in [2.24, 2.45) is 10.6 Å². The minimum Gasteiger partial charge on any atom is -0.481 e. The van der Waals surface area contributed by atoms with Gasteiger partial charge in [-0.1, -0.05) is 28.3 Å². The molecular formula is C18H19N7O5S5. The Labute approximate surface area is 219 Å². The van der Waals surface area contributed by atoms with Gasteiger partial charge in [0, 0.05) is 34.9 Å². The molecule has 3 saturated heterocycles. The highest BCUT2D eigenvalue weighted by molar-refractivity contribution is 8.01. The van der Waals surface area contributed by atoms with Crippen molar-refractivity contribution in [3.63, 3.8) is 0 Å². The molecule has 12 nitrogen and oxygen atoms in total. The van der Waals surface area contributed by atoms with Gasteiger partial charge in [0.1, 0.15) is 34.1 Å². The maximum Gasteiger partial charge on any atom is 0.313 e. The number of carbonyl (C=O) groups is 3. The number of nitrogen functional groups attached to an aromatic ring is 1. The van der Waals surface area contributed by atoms with Crippen LogP contribution in [-0.4, -0.2) is 95.8 Å². The van der Waals surface area contributed by atoms with Crippen LogP contribution in [0.5, 0.6) is 0 Å². The Balaban J connectivity index is 1.25. The summed E-state index contributed by atoms with van der Waals surface area (Å²) in [7, 11) is 0. The number of nitrogens with one attached hydrogen (secondary N) is 1. The predicted octanol–water partition coefficient (Wildman–Crippen LogP) is 0.676. The van der Waals surface area contributed by atoms with Gasteiger partial charge in [0.25, 0.3) is 5.91 Å². The number of nitrogens with two attached hydrogens (primary N) is 1. The Kier molecular flexibility index (Phi) is 7.11. The smallest absolute Gasteiger partial charge is 0.313 e. The number of fused-ring (bicyclic) bond motifs is 1. The van der Waals surface area contributed by atoms with Crippen molar-refractivity contribution in [1.29, 1.82) is 0 Å². The molecule has 0 radical (unpaired) electrons. The number of nitrogens with zero attached hydrogens (tertiary/aromatic N) is 5. The molecule has 17 heteroatoms. The summed E-state index contributed by atoms with van der Waals surface area (Å²) >= 11 is 6.87. The first-order valence-electron chi connectivity index (χ1n) is 10.2. The molecule has 186 valence electrons. The van der Waals surface area contributed by atoms with Gasteiger partial charge in [-0.15, -0.1) is 33.3 Å². The minimum absolute atomic E-state index is 0.0461. The van der Waals surface area contributed by atoms with Gasteiger partial charge in [0.15, 0.2) is 15.2 Å². The largest absolute Gasteiger partial charge is 0.481 e. The number of anilines is 1. The monoisotopic (exact) mass is 573 g/mol. The fourth-order valence-corrected chi connectivity index (χ4v) is 7.99. The molecule has 0 spiro atoms. The van der Waals surface area contributed by atoms with Crippen LogP contribution in [0, 0.1) is 5.41 Å². The predicted molar refractivity (Wildman–Crippen MR) is 136 cm³/mol. The van der Waals surface area contributed by atoms with Crippen LogP contribution >= 0.6 is 58.0 Å². The standard InChI is InChI=1S/C18H19N7O5S5/c19-16-21-9(3-32-16)10(24-30-8-1-31-2-8)12(26)22-11-13(27)25-4-18(15(28)29,5-33-14(11)25)6-34-17-23-20-7-35-17/h3,7-8,11,14H,1-2,4-6H2,(H2,19,21)(H,22,26)(H,28,29)/t11?,14-,18?/m1/s1. The van der Waals surface area contributed by atoms with Gasteiger partial charge in [-0.2, -0.15) is 11.8 Å². The second-order valence-electron chi connectivity index (χ2n) is 7.97. The van der Waals surface area contributed by atoms with Crippen LogP contribution in [0.25, 0.3) is 0 Å². The average molecular weight is 574 g/mol. The summed E-state index contributed by atoms with van der Waals surface area (Å²) in [5, 5.41) is 25.9. The van der Waals surface area contributed by atoms with E-state index in [4.69, 9.17) is 10.6 Å². The summed E-state index contributed by atoms with van der Waals surface area (Å²) in [6, 6.07) is -0.796. The molecule has 0 bridgehead atoms. The number of thioether (sulfide) groups is 3. The van der Waals surface area contributed by atoms with Crippen LogP contribution in [0.2, 0.25) is 0 Å². The summed E-state index contributed by atoms with van der Waals surface area (Å²) in [4.78, 5) is 49.3. The van der Waals surface area contributed by atoms with Crippen LogP contribution in [0.4, 0.5) is 5.13 Å². The molecule has 3 fully saturated rings. The molecule has 35 heavy (non-hydrogen) atoms. The fraction of sp³-hybridized carbons (Fsp3) is 0.500. The minimum atomic E-state index is -1.12. The Morgan fingerprint density at radius 2 is 2.23 bits per heavy atom. The van der Waals surface area contributed by atoms with E-state index in [0.29, 0.717) is 10.1 Å². The molecule has 0 aromatic carbocycles. The number of amides is 2. The normalized spacial score (nSPS) is 26.5. The van der Waals surface area contributed by atoms with Crippen molar-refractivity contribution >= 4 is 86.6 Å². The zero-order valence-electron chi connectivity index (χ0n) is 17.9. The van der Waals surface area contributed by atoms with Crippen LogP contribution < -0.4 is 11.1 Å². The second kappa shape index (κ2) is 10.1. The SMILES string of the molecule is Nc1nc(C(=NOC2CSC2)C(=O)NC2C(=O)N3CC(CSc4nncs4)(C(=O)O)CS[C@H]23)cs1. The molecule has 2 amide bonds. The lowest BCUT2D eigenvalue weighted by Gasteiger charge is -2.53. The number of aromatic nitrogens is 3. The lowest BCUT2D eigenvalue weighted by atomic mass is 9.89. The first-order chi connectivity index (χ1) is 16.9. The van der Waals surface area contributed by atoms with Gasteiger partial charge in [0.2, 0.25) is 5.91 Å².